The molecule has 0 radical (unpaired) electrons. The molecule has 3 amide bonds. The first-order chi connectivity index (χ1) is 14.9. The van der Waals surface area contributed by atoms with E-state index in [1.807, 2.05) is 19.1 Å². The van der Waals surface area contributed by atoms with E-state index in [0.717, 1.165) is 5.56 Å². The van der Waals surface area contributed by atoms with Crippen molar-refractivity contribution in [1.29, 1.82) is 0 Å². The van der Waals surface area contributed by atoms with Crippen molar-refractivity contribution >= 4 is 23.4 Å². The van der Waals surface area contributed by atoms with Crippen molar-refractivity contribution < 1.29 is 23.2 Å². The number of anilines is 1. The fourth-order valence-electron chi connectivity index (χ4n) is 2.82. The van der Waals surface area contributed by atoms with Crippen molar-refractivity contribution in [3.63, 3.8) is 0 Å². The van der Waals surface area contributed by atoms with Gasteiger partial charge in [0, 0.05) is 12.2 Å². The Labute approximate surface area is 178 Å². The molecule has 0 saturated heterocycles. The predicted octanol–water partition coefficient (Wildman–Crippen LogP) is 3.12. The fourth-order valence-corrected chi connectivity index (χ4v) is 2.82. The van der Waals surface area contributed by atoms with Gasteiger partial charge < -0.3 is 20.0 Å². The van der Waals surface area contributed by atoms with Crippen LogP contribution < -0.4 is 10.6 Å². The number of hydrogen-bond acceptors (Lipinski definition) is 4. The summed E-state index contributed by atoms with van der Waals surface area (Å²) in [6, 6.07) is 15.9. The van der Waals surface area contributed by atoms with Gasteiger partial charge >= 0.3 is 0 Å². The van der Waals surface area contributed by atoms with E-state index in [0.29, 0.717) is 11.3 Å². The van der Waals surface area contributed by atoms with Gasteiger partial charge in [0.15, 0.2) is 5.76 Å². The Morgan fingerprint density at radius 3 is 2.32 bits per heavy atom. The molecule has 7 nitrogen and oxygen atoms in total. The molecule has 0 unspecified atom stereocenters. The highest BCUT2D eigenvalue weighted by Crippen LogP contribution is 2.12. The first kappa shape index (κ1) is 21.8. The van der Waals surface area contributed by atoms with Crippen molar-refractivity contribution in [2.45, 2.75) is 13.5 Å². The molecule has 0 aliphatic heterocycles. The highest BCUT2D eigenvalue weighted by atomic mass is 19.1. The SMILES string of the molecule is Cc1ccc(NC(=O)CNC(=O)CN(Cc2ccc(F)cc2)C(=O)c2ccco2)cc1. The summed E-state index contributed by atoms with van der Waals surface area (Å²) in [4.78, 5) is 38.5. The van der Waals surface area contributed by atoms with Gasteiger partial charge in [0.2, 0.25) is 11.8 Å². The van der Waals surface area contributed by atoms with E-state index in [-0.39, 0.29) is 31.3 Å². The van der Waals surface area contributed by atoms with Crippen LogP contribution in [0.2, 0.25) is 0 Å². The highest BCUT2D eigenvalue weighted by Gasteiger charge is 2.21. The molecule has 31 heavy (non-hydrogen) atoms. The van der Waals surface area contributed by atoms with Crippen LogP contribution in [0.25, 0.3) is 0 Å². The Bertz CT molecular complexity index is 1030. The zero-order chi connectivity index (χ0) is 22.2. The minimum absolute atomic E-state index is 0.0722. The van der Waals surface area contributed by atoms with Crippen LogP contribution in [0.3, 0.4) is 0 Å². The molecule has 0 saturated carbocycles. The van der Waals surface area contributed by atoms with Gasteiger partial charge in [-0.3, -0.25) is 14.4 Å². The second kappa shape index (κ2) is 10.2. The summed E-state index contributed by atoms with van der Waals surface area (Å²) in [6.07, 6.45) is 1.36. The van der Waals surface area contributed by atoms with Crippen LogP contribution >= 0.6 is 0 Å². The molecule has 8 heteroatoms. The third-order valence-corrected chi connectivity index (χ3v) is 4.42. The van der Waals surface area contributed by atoms with Gasteiger partial charge in [0.1, 0.15) is 12.4 Å². The molecule has 3 rings (SSSR count). The monoisotopic (exact) mass is 423 g/mol. The number of halogens is 1. The van der Waals surface area contributed by atoms with Crippen LogP contribution in [0.5, 0.6) is 0 Å². The molecule has 0 aliphatic carbocycles. The Morgan fingerprint density at radius 2 is 1.68 bits per heavy atom. The highest BCUT2D eigenvalue weighted by molar-refractivity contribution is 5.96. The molecule has 0 bridgehead atoms. The molecule has 0 spiro atoms. The van der Waals surface area contributed by atoms with Crippen LogP contribution in [0.1, 0.15) is 21.7 Å². The third-order valence-electron chi connectivity index (χ3n) is 4.42. The number of rotatable bonds is 8. The van der Waals surface area contributed by atoms with Gasteiger partial charge in [-0.25, -0.2) is 4.39 Å². The van der Waals surface area contributed by atoms with E-state index in [2.05, 4.69) is 10.6 Å². The zero-order valence-electron chi connectivity index (χ0n) is 16.9. The average molecular weight is 423 g/mol. The molecule has 0 aliphatic rings. The average Bonchev–Trinajstić information content (AvgIpc) is 3.29. The summed E-state index contributed by atoms with van der Waals surface area (Å²) >= 11 is 0. The van der Waals surface area contributed by atoms with Crippen molar-refractivity contribution in [2.75, 3.05) is 18.4 Å². The molecular formula is C23H22FN3O4. The normalized spacial score (nSPS) is 10.4. The Balaban J connectivity index is 1.59. The summed E-state index contributed by atoms with van der Waals surface area (Å²) < 4.78 is 18.3. The minimum atomic E-state index is -0.513. The fraction of sp³-hybridized carbons (Fsp3) is 0.174. The van der Waals surface area contributed by atoms with E-state index >= 15 is 0 Å². The smallest absolute Gasteiger partial charge is 0.290 e. The van der Waals surface area contributed by atoms with Gasteiger partial charge in [-0.15, -0.1) is 0 Å². The molecular weight excluding hydrogens is 401 g/mol. The van der Waals surface area contributed by atoms with Gasteiger partial charge in [0.05, 0.1) is 12.8 Å². The summed E-state index contributed by atoms with van der Waals surface area (Å²) in [5, 5.41) is 5.19. The molecule has 2 N–H and O–H groups in total. The lowest BCUT2D eigenvalue weighted by Crippen LogP contribution is -2.42. The van der Waals surface area contributed by atoms with Crippen LogP contribution in [-0.4, -0.2) is 35.7 Å². The van der Waals surface area contributed by atoms with Crippen LogP contribution in [0, 0.1) is 12.7 Å². The predicted molar refractivity (Wildman–Crippen MR) is 113 cm³/mol. The molecule has 3 aromatic rings. The second-order valence-corrected chi connectivity index (χ2v) is 6.96. The zero-order valence-corrected chi connectivity index (χ0v) is 16.9. The van der Waals surface area contributed by atoms with E-state index in [1.165, 1.54) is 41.5 Å². The number of carbonyl (C=O) groups excluding carboxylic acids is 3. The van der Waals surface area contributed by atoms with Crippen LogP contribution in [0.4, 0.5) is 10.1 Å². The maximum absolute atomic E-state index is 13.2. The topological polar surface area (TPSA) is 91.7 Å². The number of amides is 3. The molecule has 1 aromatic heterocycles. The number of nitrogens with one attached hydrogen (secondary N) is 2. The molecule has 0 fully saturated rings. The van der Waals surface area contributed by atoms with Gasteiger partial charge in [-0.05, 0) is 48.9 Å². The second-order valence-electron chi connectivity index (χ2n) is 6.96. The third kappa shape index (κ3) is 6.53. The number of nitrogens with zero attached hydrogens (tertiary/aromatic N) is 1. The summed E-state index contributed by atoms with van der Waals surface area (Å²) in [6.45, 7) is 1.47. The lowest BCUT2D eigenvalue weighted by molar-refractivity contribution is -0.124. The van der Waals surface area contributed by atoms with Gasteiger partial charge in [-0.1, -0.05) is 29.8 Å². The van der Waals surface area contributed by atoms with E-state index in [9.17, 15) is 18.8 Å². The van der Waals surface area contributed by atoms with E-state index < -0.39 is 17.6 Å². The minimum Gasteiger partial charge on any atom is -0.459 e. The molecule has 2 aromatic carbocycles. The van der Waals surface area contributed by atoms with Crippen molar-refractivity contribution in [3.8, 4) is 0 Å². The number of aryl methyl sites for hydroxylation is 1. The number of benzene rings is 2. The summed E-state index contributed by atoms with van der Waals surface area (Å²) in [5.41, 5.74) is 2.33. The van der Waals surface area contributed by atoms with E-state index in [1.54, 1.807) is 18.2 Å². The number of hydrogen-bond donors (Lipinski definition) is 2. The maximum Gasteiger partial charge on any atom is 0.290 e. The first-order valence-corrected chi connectivity index (χ1v) is 9.61. The molecule has 0 atom stereocenters. The van der Waals surface area contributed by atoms with E-state index in [4.69, 9.17) is 4.42 Å². The number of furan rings is 1. The summed E-state index contributed by atoms with van der Waals surface area (Å²) in [5.74, 6) is -1.72. The van der Waals surface area contributed by atoms with Crippen molar-refractivity contribution in [3.05, 3.63) is 89.6 Å². The standard InChI is InChI=1S/C23H22FN3O4/c1-16-4-10-19(11-5-16)26-21(28)13-25-22(29)15-27(23(30)20-3-2-12-31-20)14-17-6-8-18(24)9-7-17/h2-12H,13-15H2,1H3,(H,25,29)(H,26,28). The lowest BCUT2D eigenvalue weighted by Gasteiger charge is -2.21. The molecule has 160 valence electrons. The van der Waals surface area contributed by atoms with Gasteiger partial charge in [-0.2, -0.15) is 0 Å². The maximum atomic E-state index is 13.2. The van der Waals surface area contributed by atoms with Crippen LogP contribution in [-0.2, 0) is 16.1 Å². The Kier molecular flexibility index (Phi) is 7.16. The Hall–Kier alpha value is -3.94. The van der Waals surface area contributed by atoms with Crippen LogP contribution in [0.15, 0.2) is 71.3 Å². The van der Waals surface area contributed by atoms with Gasteiger partial charge in [0.25, 0.3) is 5.91 Å². The molecule has 1 heterocycles. The number of carbonyl (C=O) groups is 3. The van der Waals surface area contributed by atoms with Crippen molar-refractivity contribution in [1.82, 2.24) is 10.2 Å². The summed E-state index contributed by atoms with van der Waals surface area (Å²) in [7, 11) is 0. The van der Waals surface area contributed by atoms with Crippen molar-refractivity contribution in [2.24, 2.45) is 0 Å². The largest absolute Gasteiger partial charge is 0.459 e. The first-order valence-electron chi connectivity index (χ1n) is 9.61. The lowest BCUT2D eigenvalue weighted by atomic mass is 10.2. The Morgan fingerprint density at radius 1 is 0.968 bits per heavy atom. The quantitative estimate of drug-likeness (QED) is 0.582.